The van der Waals surface area contributed by atoms with Gasteiger partial charge in [-0.2, -0.15) is 0 Å². The van der Waals surface area contributed by atoms with Crippen LogP contribution in [0.4, 0.5) is 5.69 Å². The Labute approximate surface area is 95.2 Å². The lowest BCUT2D eigenvalue weighted by atomic mass is 10.1. The van der Waals surface area contributed by atoms with E-state index in [4.69, 9.17) is 0 Å². The van der Waals surface area contributed by atoms with Gasteiger partial charge in [0.1, 0.15) is 0 Å². The molecule has 0 radical (unpaired) electrons. The molecule has 0 saturated carbocycles. The summed E-state index contributed by atoms with van der Waals surface area (Å²) in [5.74, 6) is -0.138. The van der Waals surface area contributed by atoms with Crippen molar-refractivity contribution in [1.82, 2.24) is 0 Å². The Morgan fingerprint density at radius 3 is 2.38 bits per heavy atom. The van der Waals surface area contributed by atoms with E-state index < -0.39 is 0 Å². The summed E-state index contributed by atoms with van der Waals surface area (Å²) in [6.07, 6.45) is 4.12. The van der Waals surface area contributed by atoms with Gasteiger partial charge in [0.15, 0.2) is 5.78 Å². The molecule has 0 aliphatic heterocycles. The highest BCUT2D eigenvalue weighted by molar-refractivity contribution is 6.00. The lowest BCUT2D eigenvalue weighted by molar-refractivity contribution is -0.111. The number of carbonyl (C=O) groups is 2. The Morgan fingerprint density at radius 2 is 1.88 bits per heavy atom. The number of amides is 1. The zero-order valence-corrected chi connectivity index (χ0v) is 9.49. The number of benzene rings is 1. The van der Waals surface area contributed by atoms with Crippen LogP contribution < -0.4 is 5.32 Å². The largest absolute Gasteiger partial charge is 0.323 e. The van der Waals surface area contributed by atoms with E-state index >= 15 is 0 Å². The van der Waals surface area contributed by atoms with Crippen molar-refractivity contribution < 1.29 is 9.59 Å². The number of hydrogen-bond donors (Lipinski definition) is 1. The Hall–Kier alpha value is -1.90. The fourth-order valence-corrected chi connectivity index (χ4v) is 1.20. The zero-order chi connectivity index (χ0) is 12.0. The summed E-state index contributed by atoms with van der Waals surface area (Å²) >= 11 is 0. The second-order valence-corrected chi connectivity index (χ2v) is 3.43. The minimum absolute atomic E-state index is 0.0174. The summed E-state index contributed by atoms with van der Waals surface area (Å²) in [4.78, 5) is 22.3. The molecule has 1 rings (SSSR count). The van der Waals surface area contributed by atoms with Gasteiger partial charge in [0.2, 0.25) is 5.91 Å². The number of nitrogens with one attached hydrogen (secondary N) is 1. The first kappa shape index (κ1) is 12.2. The summed E-state index contributed by atoms with van der Waals surface area (Å²) in [6.45, 7) is 3.48. The van der Waals surface area contributed by atoms with E-state index in [1.807, 2.05) is 6.92 Å². The van der Waals surface area contributed by atoms with E-state index in [-0.39, 0.29) is 11.7 Å². The van der Waals surface area contributed by atoms with Gasteiger partial charge >= 0.3 is 0 Å². The summed E-state index contributed by atoms with van der Waals surface area (Å²) in [5, 5.41) is 2.71. The van der Waals surface area contributed by atoms with Gasteiger partial charge in [-0.05, 0) is 43.7 Å². The van der Waals surface area contributed by atoms with E-state index in [2.05, 4.69) is 5.32 Å². The highest BCUT2D eigenvalue weighted by Crippen LogP contribution is 2.09. The average Bonchev–Trinajstić information content (AvgIpc) is 2.27. The van der Waals surface area contributed by atoms with E-state index in [9.17, 15) is 9.59 Å². The van der Waals surface area contributed by atoms with Crippen LogP contribution in [0.3, 0.4) is 0 Å². The fourth-order valence-electron chi connectivity index (χ4n) is 1.20. The van der Waals surface area contributed by atoms with Crippen molar-refractivity contribution in [3.8, 4) is 0 Å². The Morgan fingerprint density at radius 1 is 1.25 bits per heavy atom. The normalized spacial score (nSPS) is 10.4. The van der Waals surface area contributed by atoms with E-state index in [1.165, 1.54) is 13.0 Å². The Bertz CT molecular complexity index is 404. The van der Waals surface area contributed by atoms with Crippen LogP contribution in [0.15, 0.2) is 36.4 Å². The van der Waals surface area contributed by atoms with Crippen molar-refractivity contribution in [3.05, 3.63) is 42.0 Å². The minimum Gasteiger partial charge on any atom is -0.323 e. The monoisotopic (exact) mass is 217 g/mol. The van der Waals surface area contributed by atoms with Crippen molar-refractivity contribution in [3.63, 3.8) is 0 Å². The van der Waals surface area contributed by atoms with Gasteiger partial charge < -0.3 is 5.32 Å². The average molecular weight is 217 g/mol. The van der Waals surface area contributed by atoms with Crippen LogP contribution in [0.2, 0.25) is 0 Å². The Balaban J connectivity index is 2.65. The molecule has 0 spiro atoms. The maximum atomic E-state index is 11.3. The molecule has 1 N–H and O–H groups in total. The zero-order valence-electron chi connectivity index (χ0n) is 9.49. The molecule has 0 bridgehead atoms. The van der Waals surface area contributed by atoms with Gasteiger partial charge in [0.05, 0.1) is 0 Å². The number of carbonyl (C=O) groups excluding carboxylic acids is 2. The molecule has 1 amide bonds. The van der Waals surface area contributed by atoms with E-state index in [0.717, 1.165) is 6.42 Å². The van der Waals surface area contributed by atoms with Crippen LogP contribution in [0.1, 0.15) is 30.6 Å². The third kappa shape index (κ3) is 3.69. The molecule has 0 aliphatic rings. The number of hydrogen-bond acceptors (Lipinski definition) is 2. The molecule has 0 saturated heterocycles. The van der Waals surface area contributed by atoms with Crippen LogP contribution in [-0.2, 0) is 4.79 Å². The molecule has 0 aromatic heterocycles. The molecule has 3 nitrogen and oxygen atoms in total. The van der Waals surface area contributed by atoms with Crippen LogP contribution in [0.25, 0.3) is 0 Å². The highest BCUT2D eigenvalue weighted by atomic mass is 16.1. The van der Waals surface area contributed by atoms with Crippen molar-refractivity contribution in [2.24, 2.45) is 0 Å². The van der Waals surface area contributed by atoms with E-state index in [1.54, 1.807) is 30.3 Å². The molecule has 84 valence electrons. The first-order valence-corrected chi connectivity index (χ1v) is 5.22. The number of allylic oxidation sites excluding steroid dienone is 1. The summed E-state index contributed by atoms with van der Waals surface area (Å²) in [6, 6.07) is 6.83. The lowest BCUT2D eigenvalue weighted by Crippen LogP contribution is -2.07. The molecule has 0 atom stereocenters. The molecule has 0 fully saturated rings. The van der Waals surface area contributed by atoms with Crippen LogP contribution in [0.5, 0.6) is 0 Å². The molecule has 0 heterocycles. The fraction of sp³-hybridized carbons (Fsp3) is 0.231. The van der Waals surface area contributed by atoms with Gasteiger partial charge in [-0.1, -0.05) is 13.0 Å². The van der Waals surface area contributed by atoms with E-state index in [0.29, 0.717) is 11.3 Å². The molecule has 16 heavy (non-hydrogen) atoms. The molecule has 3 heteroatoms. The quantitative estimate of drug-likeness (QED) is 0.622. The highest BCUT2D eigenvalue weighted by Gasteiger charge is 2.00. The predicted molar refractivity (Wildman–Crippen MR) is 64.5 cm³/mol. The minimum atomic E-state index is -0.155. The number of anilines is 1. The maximum absolute atomic E-state index is 11.3. The van der Waals surface area contributed by atoms with Gasteiger partial charge in [0.25, 0.3) is 0 Å². The molecule has 1 aromatic rings. The number of ketones is 1. The molecule has 0 aliphatic carbocycles. The smallest absolute Gasteiger partial charge is 0.248 e. The third-order valence-electron chi connectivity index (χ3n) is 2.06. The molecular formula is C13H15NO2. The van der Waals surface area contributed by atoms with Crippen LogP contribution >= 0.6 is 0 Å². The van der Waals surface area contributed by atoms with Crippen molar-refractivity contribution in [2.45, 2.75) is 20.3 Å². The van der Waals surface area contributed by atoms with Crippen molar-refractivity contribution in [1.29, 1.82) is 0 Å². The van der Waals surface area contributed by atoms with Crippen molar-refractivity contribution in [2.75, 3.05) is 5.32 Å². The lowest BCUT2D eigenvalue weighted by Gasteiger charge is -2.02. The first-order chi connectivity index (χ1) is 7.63. The predicted octanol–water partition coefficient (Wildman–Crippen LogP) is 2.79. The summed E-state index contributed by atoms with van der Waals surface area (Å²) in [5.41, 5.74) is 1.33. The third-order valence-corrected chi connectivity index (χ3v) is 2.06. The number of rotatable bonds is 4. The molecule has 0 unspecified atom stereocenters. The first-order valence-electron chi connectivity index (χ1n) is 5.22. The van der Waals surface area contributed by atoms with Crippen LogP contribution in [-0.4, -0.2) is 11.7 Å². The second kappa shape index (κ2) is 5.85. The maximum Gasteiger partial charge on any atom is 0.248 e. The van der Waals surface area contributed by atoms with Crippen molar-refractivity contribution >= 4 is 17.4 Å². The molecule has 1 aromatic carbocycles. The standard InChI is InChI=1S/C13H15NO2/c1-3-4-5-13(16)14-12-8-6-11(7-9-12)10(2)15/h4-9H,3H2,1-2H3,(H,14,16)/b5-4+. The van der Waals surface area contributed by atoms with Gasteiger partial charge in [-0.3, -0.25) is 9.59 Å². The Kier molecular flexibility index (Phi) is 4.45. The SMILES string of the molecule is CC/C=C/C(=O)Nc1ccc(C(C)=O)cc1. The van der Waals surface area contributed by atoms with Gasteiger partial charge in [0, 0.05) is 11.3 Å². The van der Waals surface area contributed by atoms with Gasteiger partial charge in [-0.25, -0.2) is 0 Å². The summed E-state index contributed by atoms with van der Waals surface area (Å²) in [7, 11) is 0. The number of Topliss-reactive ketones (excluding diaryl/α,β-unsaturated/α-hetero) is 1. The molecular weight excluding hydrogens is 202 g/mol. The summed E-state index contributed by atoms with van der Waals surface area (Å²) < 4.78 is 0. The van der Waals surface area contributed by atoms with Crippen LogP contribution in [0, 0.1) is 0 Å². The topological polar surface area (TPSA) is 46.2 Å². The second-order valence-electron chi connectivity index (χ2n) is 3.43. The van der Waals surface area contributed by atoms with Gasteiger partial charge in [-0.15, -0.1) is 0 Å².